The number of nitrogens with zero attached hydrogens (tertiary/aromatic N) is 2. The van der Waals surface area contributed by atoms with E-state index in [2.05, 4.69) is 27.1 Å². The van der Waals surface area contributed by atoms with E-state index in [-0.39, 0.29) is 5.91 Å². The molecular formula is C23H29ClN4O. The maximum atomic E-state index is 13.1. The molecule has 1 aromatic carbocycles. The maximum absolute atomic E-state index is 13.1. The first kappa shape index (κ1) is 21.2. The number of pyridine rings is 1. The SMILES string of the molecule is C=CCC1CCN(c2cc(Cl)ccc2C(=O)Nc2ccc(C)c(NCC)n2)CC1. The van der Waals surface area contributed by atoms with E-state index in [9.17, 15) is 4.79 Å². The van der Waals surface area contributed by atoms with Gasteiger partial charge >= 0.3 is 0 Å². The number of nitrogens with one attached hydrogen (secondary N) is 2. The molecule has 1 aliphatic heterocycles. The van der Waals surface area contributed by atoms with Crippen molar-refractivity contribution in [3.8, 4) is 0 Å². The van der Waals surface area contributed by atoms with Gasteiger partial charge in [0.15, 0.2) is 0 Å². The zero-order valence-corrected chi connectivity index (χ0v) is 17.9. The standard InChI is InChI=1S/C23H29ClN4O/c1-4-6-17-11-13-28(14-12-17)20-15-18(24)8-9-19(20)23(29)27-21-10-7-16(3)22(26-21)25-5-2/h4,7-10,15,17H,1,5-6,11-14H2,2-3H3,(H2,25,26,27,29). The lowest BCUT2D eigenvalue weighted by atomic mass is 9.93. The summed E-state index contributed by atoms with van der Waals surface area (Å²) in [6.45, 7) is 10.4. The number of hydrogen-bond acceptors (Lipinski definition) is 4. The minimum atomic E-state index is -0.177. The highest BCUT2D eigenvalue weighted by molar-refractivity contribution is 6.31. The molecule has 1 fully saturated rings. The summed E-state index contributed by atoms with van der Waals surface area (Å²) in [5, 5.41) is 6.79. The first-order valence-corrected chi connectivity index (χ1v) is 10.6. The Morgan fingerprint density at radius 1 is 1.31 bits per heavy atom. The molecule has 0 radical (unpaired) electrons. The number of hydrogen-bond donors (Lipinski definition) is 2. The van der Waals surface area contributed by atoms with E-state index in [1.165, 1.54) is 0 Å². The third kappa shape index (κ3) is 5.30. The van der Waals surface area contributed by atoms with E-state index in [1.54, 1.807) is 12.1 Å². The molecule has 2 N–H and O–H groups in total. The highest BCUT2D eigenvalue weighted by atomic mass is 35.5. The van der Waals surface area contributed by atoms with E-state index in [0.29, 0.717) is 22.3 Å². The van der Waals surface area contributed by atoms with Gasteiger partial charge in [-0.2, -0.15) is 0 Å². The zero-order chi connectivity index (χ0) is 20.8. The number of carbonyl (C=O) groups excluding carboxylic acids is 1. The van der Waals surface area contributed by atoms with Crippen LogP contribution in [0.25, 0.3) is 0 Å². The van der Waals surface area contributed by atoms with Gasteiger partial charge in [-0.1, -0.05) is 23.7 Å². The highest BCUT2D eigenvalue weighted by Gasteiger charge is 2.23. The predicted molar refractivity (Wildman–Crippen MR) is 122 cm³/mol. The Kier molecular flexibility index (Phi) is 7.15. The van der Waals surface area contributed by atoms with Crippen LogP contribution in [0.2, 0.25) is 5.02 Å². The molecule has 6 heteroatoms. The van der Waals surface area contributed by atoms with Crippen LogP contribution in [-0.2, 0) is 0 Å². The molecule has 0 spiro atoms. The molecule has 0 bridgehead atoms. The zero-order valence-electron chi connectivity index (χ0n) is 17.2. The van der Waals surface area contributed by atoms with Crippen molar-refractivity contribution in [2.45, 2.75) is 33.1 Å². The molecule has 2 aromatic rings. The summed E-state index contributed by atoms with van der Waals surface area (Å²) >= 11 is 6.26. The van der Waals surface area contributed by atoms with Crippen molar-refractivity contribution in [2.75, 3.05) is 35.2 Å². The van der Waals surface area contributed by atoms with Crippen LogP contribution in [0.5, 0.6) is 0 Å². The molecule has 1 aromatic heterocycles. The van der Waals surface area contributed by atoms with Crippen molar-refractivity contribution in [1.29, 1.82) is 0 Å². The topological polar surface area (TPSA) is 57.3 Å². The van der Waals surface area contributed by atoms with Crippen LogP contribution in [0.4, 0.5) is 17.3 Å². The first-order valence-electron chi connectivity index (χ1n) is 10.2. The maximum Gasteiger partial charge on any atom is 0.258 e. The third-order valence-corrected chi connectivity index (χ3v) is 5.58. The van der Waals surface area contributed by atoms with E-state index < -0.39 is 0 Å². The van der Waals surface area contributed by atoms with Crippen molar-refractivity contribution in [2.24, 2.45) is 5.92 Å². The van der Waals surface area contributed by atoms with Crippen LogP contribution >= 0.6 is 11.6 Å². The molecule has 1 amide bonds. The fourth-order valence-electron chi connectivity index (χ4n) is 3.73. The van der Waals surface area contributed by atoms with Gasteiger partial charge in [0.25, 0.3) is 5.91 Å². The van der Waals surface area contributed by atoms with E-state index in [0.717, 1.165) is 56.0 Å². The molecule has 1 aliphatic rings. The fourth-order valence-corrected chi connectivity index (χ4v) is 3.90. The Labute approximate surface area is 178 Å². The summed E-state index contributed by atoms with van der Waals surface area (Å²) in [5.41, 5.74) is 2.54. The van der Waals surface area contributed by atoms with Gasteiger partial charge in [0, 0.05) is 24.7 Å². The Morgan fingerprint density at radius 3 is 2.76 bits per heavy atom. The molecule has 0 unspecified atom stereocenters. The van der Waals surface area contributed by atoms with Crippen molar-refractivity contribution >= 4 is 34.8 Å². The molecule has 0 saturated carbocycles. The van der Waals surface area contributed by atoms with Gasteiger partial charge in [-0.3, -0.25) is 4.79 Å². The van der Waals surface area contributed by atoms with Crippen molar-refractivity contribution in [1.82, 2.24) is 4.98 Å². The van der Waals surface area contributed by atoms with Crippen LogP contribution < -0.4 is 15.5 Å². The van der Waals surface area contributed by atoms with Gasteiger partial charge in [0.05, 0.1) is 11.3 Å². The van der Waals surface area contributed by atoms with E-state index in [4.69, 9.17) is 11.6 Å². The molecule has 2 heterocycles. The number of aryl methyl sites for hydroxylation is 1. The second-order valence-corrected chi connectivity index (χ2v) is 7.90. The summed E-state index contributed by atoms with van der Waals surface area (Å²) in [4.78, 5) is 19.8. The van der Waals surface area contributed by atoms with Gasteiger partial charge < -0.3 is 15.5 Å². The molecule has 29 heavy (non-hydrogen) atoms. The molecule has 1 saturated heterocycles. The largest absolute Gasteiger partial charge is 0.371 e. The summed E-state index contributed by atoms with van der Waals surface area (Å²) in [6.07, 6.45) is 5.22. The molecule has 154 valence electrons. The summed E-state index contributed by atoms with van der Waals surface area (Å²) in [5.74, 6) is 1.80. The number of rotatable bonds is 7. The van der Waals surface area contributed by atoms with Gasteiger partial charge in [0.2, 0.25) is 0 Å². The summed E-state index contributed by atoms with van der Waals surface area (Å²) in [7, 11) is 0. The third-order valence-electron chi connectivity index (χ3n) is 5.34. The number of anilines is 3. The number of carbonyl (C=O) groups is 1. The quantitative estimate of drug-likeness (QED) is 0.588. The monoisotopic (exact) mass is 412 g/mol. The molecule has 0 atom stereocenters. The van der Waals surface area contributed by atoms with Crippen LogP contribution in [-0.4, -0.2) is 30.5 Å². The van der Waals surface area contributed by atoms with Gasteiger partial charge in [-0.05, 0) is 68.9 Å². The second-order valence-electron chi connectivity index (χ2n) is 7.46. The van der Waals surface area contributed by atoms with Gasteiger partial charge in [0.1, 0.15) is 11.6 Å². The molecule has 3 rings (SSSR count). The lowest BCUT2D eigenvalue weighted by Gasteiger charge is -2.34. The number of amides is 1. The fraction of sp³-hybridized carbons (Fsp3) is 0.391. The summed E-state index contributed by atoms with van der Waals surface area (Å²) in [6, 6.07) is 9.22. The number of halogens is 1. The number of aromatic nitrogens is 1. The van der Waals surface area contributed by atoms with Crippen LogP contribution in [0.3, 0.4) is 0 Å². The van der Waals surface area contributed by atoms with Crippen LogP contribution in [0.1, 0.15) is 42.1 Å². The normalized spacial score (nSPS) is 14.5. The molecular weight excluding hydrogens is 384 g/mol. The Hall–Kier alpha value is -2.53. The van der Waals surface area contributed by atoms with Crippen LogP contribution in [0.15, 0.2) is 43.0 Å². The highest BCUT2D eigenvalue weighted by Crippen LogP contribution is 2.31. The smallest absolute Gasteiger partial charge is 0.258 e. The second kappa shape index (κ2) is 9.79. The number of piperidine rings is 1. The lowest BCUT2D eigenvalue weighted by Crippen LogP contribution is -2.35. The number of allylic oxidation sites excluding steroid dienone is 1. The van der Waals surface area contributed by atoms with Gasteiger partial charge in [-0.15, -0.1) is 6.58 Å². The molecule has 0 aliphatic carbocycles. The first-order chi connectivity index (χ1) is 14.0. The Morgan fingerprint density at radius 2 is 2.07 bits per heavy atom. The lowest BCUT2D eigenvalue weighted by molar-refractivity contribution is 0.102. The molecule has 5 nitrogen and oxygen atoms in total. The Bertz CT molecular complexity index is 875. The minimum Gasteiger partial charge on any atom is -0.371 e. The Balaban J connectivity index is 1.79. The van der Waals surface area contributed by atoms with Crippen molar-refractivity contribution < 1.29 is 4.79 Å². The minimum absolute atomic E-state index is 0.177. The van der Waals surface area contributed by atoms with Crippen molar-refractivity contribution in [3.05, 3.63) is 59.1 Å². The average molecular weight is 413 g/mol. The van der Waals surface area contributed by atoms with E-state index in [1.807, 2.05) is 38.1 Å². The predicted octanol–water partition coefficient (Wildman–Crippen LogP) is 5.52. The van der Waals surface area contributed by atoms with Crippen LogP contribution in [0, 0.1) is 12.8 Å². The van der Waals surface area contributed by atoms with Gasteiger partial charge in [-0.25, -0.2) is 4.98 Å². The average Bonchev–Trinajstić information content (AvgIpc) is 2.71. The number of benzene rings is 1. The van der Waals surface area contributed by atoms with Crippen molar-refractivity contribution in [3.63, 3.8) is 0 Å². The van der Waals surface area contributed by atoms with E-state index >= 15 is 0 Å². The summed E-state index contributed by atoms with van der Waals surface area (Å²) < 4.78 is 0.